The van der Waals surface area contributed by atoms with Crippen LogP contribution in [-0.2, 0) is 13.2 Å². The molecule has 0 unspecified atom stereocenters. The quantitative estimate of drug-likeness (QED) is 0.748. The molecule has 0 amide bonds. The molecule has 0 aliphatic carbocycles. The van der Waals surface area contributed by atoms with Gasteiger partial charge >= 0.3 is 6.18 Å². The first kappa shape index (κ1) is 13.3. The van der Waals surface area contributed by atoms with Crippen LogP contribution in [0, 0.1) is 0 Å². The monoisotopic (exact) mass is 293 g/mol. The van der Waals surface area contributed by atoms with Gasteiger partial charge in [-0.25, -0.2) is 9.67 Å². The van der Waals surface area contributed by atoms with Crippen molar-refractivity contribution in [1.29, 1.82) is 0 Å². The summed E-state index contributed by atoms with van der Waals surface area (Å²) in [6.07, 6.45) is -2.94. The molecule has 3 aromatic rings. The highest BCUT2D eigenvalue weighted by Gasteiger charge is 2.30. The molecule has 0 spiro atoms. The first-order valence-corrected chi connectivity index (χ1v) is 5.99. The Kier molecular flexibility index (Phi) is 2.82. The van der Waals surface area contributed by atoms with Crippen molar-refractivity contribution in [3.8, 4) is 11.3 Å². The highest BCUT2D eigenvalue weighted by atomic mass is 19.4. The third kappa shape index (κ3) is 2.28. The highest BCUT2D eigenvalue weighted by Crippen LogP contribution is 2.33. The molecule has 3 rings (SSSR count). The summed E-state index contributed by atoms with van der Waals surface area (Å²) >= 11 is 0. The van der Waals surface area contributed by atoms with E-state index in [1.807, 2.05) is 0 Å². The third-order valence-corrected chi connectivity index (χ3v) is 3.06. The van der Waals surface area contributed by atoms with Gasteiger partial charge in [0.2, 0.25) is 5.95 Å². The van der Waals surface area contributed by atoms with E-state index in [-0.39, 0.29) is 5.95 Å². The zero-order chi connectivity index (χ0) is 15.2. The van der Waals surface area contributed by atoms with Crippen molar-refractivity contribution in [1.82, 2.24) is 19.7 Å². The van der Waals surface area contributed by atoms with E-state index in [2.05, 4.69) is 15.1 Å². The van der Waals surface area contributed by atoms with Gasteiger partial charge in [0.15, 0.2) is 5.65 Å². The maximum absolute atomic E-state index is 12.8. The average molecular weight is 293 g/mol. The number of rotatable bonds is 1. The lowest BCUT2D eigenvalue weighted by Crippen LogP contribution is -2.04. The van der Waals surface area contributed by atoms with Crippen LogP contribution in [0.5, 0.6) is 0 Å². The van der Waals surface area contributed by atoms with Crippen molar-refractivity contribution >= 4 is 17.0 Å². The number of fused-ring (bicyclic) bond motifs is 1. The Morgan fingerprint density at radius 3 is 2.71 bits per heavy atom. The normalized spacial score (nSPS) is 12.0. The fourth-order valence-electron chi connectivity index (χ4n) is 2.11. The number of benzene rings is 1. The standard InChI is InChI=1S/C13H10F3N5/c1-21-11-9(6-18-12(17)19-11)10(20-21)7-3-2-4-8(5-7)13(14,15)16/h2-6H,1H3,(H2,17,18,19). The fraction of sp³-hybridized carbons (Fsp3) is 0.154. The van der Waals surface area contributed by atoms with E-state index < -0.39 is 11.7 Å². The Hall–Kier alpha value is -2.64. The van der Waals surface area contributed by atoms with Crippen LogP contribution in [0.25, 0.3) is 22.3 Å². The smallest absolute Gasteiger partial charge is 0.368 e. The summed E-state index contributed by atoms with van der Waals surface area (Å²) < 4.78 is 39.8. The van der Waals surface area contributed by atoms with E-state index in [1.165, 1.54) is 16.9 Å². The van der Waals surface area contributed by atoms with Crippen LogP contribution in [0.15, 0.2) is 30.5 Å². The van der Waals surface area contributed by atoms with Crippen LogP contribution in [0.3, 0.4) is 0 Å². The predicted octanol–water partition coefficient (Wildman–Crippen LogP) is 2.63. The van der Waals surface area contributed by atoms with Crippen LogP contribution in [-0.4, -0.2) is 19.7 Å². The van der Waals surface area contributed by atoms with E-state index in [0.717, 1.165) is 12.1 Å². The predicted molar refractivity (Wildman–Crippen MR) is 71.2 cm³/mol. The van der Waals surface area contributed by atoms with E-state index in [0.29, 0.717) is 22.3 Å². The minimum atomic E-state index is -4.40. The van der Waals surface area contributed by atoms with Crippen molar-refractivity contribution in [2.75, 3.05) is 5.73 Å². The molecule has 0 saturated carbocycles. The number of aryl methyl sites for hydroxylation is 1. The van der Waals surface area contributed by atoms with Gasteiger partial charge in [0.05, 0.1) is 10.9 Å². The summed E-state index contributed by atoms with van der Waals surface area (Å²) in [5, 5.41) is 4.76. The van der Waals surface area contributed by atoms with Crippen LogP contribution in [0.2, 0.25) is 0 Å². The number of hydrogen-bond acceptors (Lipinski definition) is 4. The van der Waals surface area contributed by atoms with E-state index in [4.69, 9.17) is 5.73 Å². The summed E-state index contributed by atoms with van der Waals surface area (Å²) in [7, 11) is 1.64. The Morgan fingerprint density at radius 2 is 2.00 bits per heavy atom. The molecule has 21 heavy (non-hydrogen) atoms. The summed E-state index contributed by atoms with van der Waals surface area (Å²) in [6.45, 7) is 0. The number of alkyl halides is 3. The molecule has 0 fully saturated rings. The highest BCUT2D eigenvalue weighted by molar-refractivity contribution is 5.91. The molecule has 2 heterocycles. The molecular weight excluding hydrogens is 283 g/mol. The van der Waals surface area contributed by atoms with Gasteiger partial charge in [-0.1, -0.05) is 12.1 Å². The van der Waals surface area contributed by atoms with E-state index >= 15 is 0 Å². The van der Waals surface area contributed by atoms with Crippen molar-refractivity contribution < 1.29 is 13.2 Å². The summed E-state index contributed by atoms with van der Waals surface area (Å²) in [6, 6.07) is 4.98. The first-order chi connectivity index (χ1) is 9.86. The van der Waals surface area contributed by atoms with Gasteiger partial charge in [-0.3, -0.25) is 0 Å². The molecular formula is C13H10F3N5. The molecule has 0 bridgehead atoms. The first-order valence-electron chi connectivity index (χ1n) is 5.99. The number of nitrogen functional groups attached to an aromatic ring is 1. The topological polar surface area (TPSA) is 69.6 Å². The van der Waals surface area contributed by atoms with Crippen molar-refractivity contribution in [2.45, 2.75) is 6.18 Å². The number of hydrogen-bond donors (Lipinski definition) is 1. The Bertz CT molecular complexity index is 822. The lowest BCUT2D eigenvalue weighted by Gasteiger charge is -2.07. The largest absolute Gasteiger partial charge is 0.416 e. The second-order valence-electron chi connectivity index (χ2n) is 4.52. The Labute approximate surface area is 117 Å². The summed E-state index contributed by atoms with van der Waals surface area (Å²) in [4.78, 5) is 7.91. The molecule has 8 heteroatoms. The molecule has 0 saturated heterocycles. The second kappa shape index (κ2) is 4.44. The number of anilines is 1. The molecule has 0 atom stereocenters. The van der Waals surface area contributed by atoms with Crippen LogP contribution >= 0.6 is 0 Å². The summed E-state index contributed by atoms with van der Waals surface area (Å²) in [5.74, 6) is 0.0843. The van der Waals surface area contributed by atoms with Crippen molar-refractivity contribution in [3.05, 3.63) is 36.0 Å². The van der Waals surface area contributed by atoms with Gasteiger partial charge in [-0.15, -0.1) is 0 Å². The van der Waals surface area contributed by atoms with Crippen LogP contribution < -0.4 is 5.73 Å². The van der Waals surface area contributed by atoms with Gasteiger partial charge in [0.25, 0.3) is 0 Å². The number of aromatic nitrogens is 4. The molecule has 2 N–H and O–H groups in total. The minimum Gasteiger partial charge on any atom is -0.368 e. The lowest BCUT2D eigenvalue weighted by molar-refractivity contribution is -0.137. The fourth-order valence-corrected chi connectivity index (χ4v) is 2.11. The second-order valence-corrected chi connectivity index (χ2v) is 4.52. The molecule has 5 nitrogen and oxygen atoms in total. The maximum Gasteiger partial charge on any atom is 0.416 e. The van der Waals surface area contributed by atoms with Crippen molar-refractivity contribution in [3.63, 3.8) is 0 Å². The molecule has 108 valence electrons. The van der Waals surface area contributed by atoms with Gasteiger partial charge in [-0.05, 0) is 12.1 Å². The van der Waals surface area contributed by atoms with Gasteiger partial charge in [0.1, 0.15) is 5.69 Å². The molecule has 2 aromatic heterocycles. The van der Waals surface area contributed by atoms with Gasteiger partial charge < -0.3 is 5.73 Å². The zero-order valence-electron chi connectivity index (χ0n) is 10.9. The number of halogens is 3. The summed E-state index contributed by atoms with van der Waals surface area (Å²) in [5.41, 5.74) is 5.99. The van der Waals surface area contributed by atoms with Crippen LogP contribution in [0.4, 0.5) is 19.1 Å². The number of nitrogens with zero attached hydrogens (tertiary/aromatic N) is 4. The number of nitrogens with two attached hydrogens (primary N) is 1. The Balaban J connectivity index is 2.22. The van der Waals surface area contributed by atoms with E-state index in [9.17, 15) is 13.2 Å². The molecule has 0 radical (unpaired) electrons. The minimum absolute atomic E-state index is 0.0843. The third-order valence-electron chi connectivity index (χ3n) is 3.06. The SMILES string of the molecule is Cn1nc(-c2cccc(C(F)(F)F)c2)c2cnc(N)nc21. The molecule has 0 aliphatic heterocycles. The van der Waals surface area contributed by atoms with Gasteiger partial charge in [0, 0.05) is 18.8 Å². The van der Waals surface area contributed by atoms with Crippen molar-refractivity contribution in [2.24, 2.45) is 7.05 Å². The molecule has 1 aromatic carbocycles. The zero-order valence-corrected chi connectivity index (χ0v) is 10.9. The molecule has 0 aliphatic rings. The lowest BCUT2D eigenvalue weighted by atomic mass is 10.1. The van der Waals surface area contributed by atoms with Crippen LogP contribution in [0.1, 0.15) is 5.56 Å². The van der Waals surface area contributed by atoms with E-state index in [1.54, 1.807) is 13.1 Å². The average Bonchev–Trinajstić information content (AvgIpc) is 2.75. The maximum atomic E-state index is 12.8. The Morgan fingerprint density at radius 1 is 1.24 bits per heavy atom. The van der Waals surface area contributed by atoms with Gasteiger partial charge in [-0.2, -0.15) is 23.3 Å².